The Bertz CT molecular complexity index is 378. The Morgan fingerprint density at radius 3 is 3.00 bits per heavy atom. The molecule has 1 fully saturated rings. The second-order valence-electron chi connectivity index (χ2n) is 5.00. The van der Waals surface area contributed by atoms with E-state index in [1.54, 1.807) is 0 Å². The number of nitrogens with zero attached hydrogens (tertiary/aromatic N) is 1. The maximum Gasteiger partial charge on any atom is 0.0426 e. The van der Waals surface area contributed by atoms with E-state index in [4.69, 9.17) is 11.6 Å². The molecular weight excluding hydrogens is 232 g/mol. The van der Waals surface area contributed by atoms with Gasteiger partial charge in [0.15, 0.2) is 0 Å². The Balaban J connectivity index is 2.25. The third-order valence-electron chi connectivity index (χ3n) is 3.41. The van der Waals surface area contributed by atoms with E-state index >= 15 is 0 Å². The Morgan fingerprint density at radius 2 is 2.29 bits per heavy atom. The molecule has 1 N–H and O–H groups in total. The number of hydrogen-bond acceptors (Lipinski definition) is 2. The standard InChI is InChI=1S/C14H21ClN2/c1-11-4-3-7-17(10-11)14-8-13(15)6-5-12(14)9-16-2/h5-6,8,11,16H,3-4,7,9-10H2,1-2H3. The van der Waals surface area contributed by atoms with Crippen molar-refractivity contribution in [1.29, 1.82) is 0 Å². The molecule has 0 spiro atoms. The van der Waals surface area contributed by atoms with E-state index in [1.165, 1.54) is 24.1 Å². The Labute approximate surface area is 109 Å². The first-order chi connectivity index (χ1) is 8.20. The quantitative estimate of drug-likeness (QED) is 0.888. The Morgan fingerprint density at radius 1 is 1.47 bits per heavy atom. The molecule has 1 aliphatic rings. The molecule has 17 heavy (non-hydrogen) atoms. The van der Waals surface area contributed by atoms with Crippen molar-refractivity contribution in [2.45, 2.75) is 26.3 Å². The fraction of sp³-hybridized carbons (Fsp3) is 0.571. The van der Waals surface area contributed by atoms with Crippen molar-refractivity contribution in [3.05, 3.63) is 28.8 Å². The molecule has 0 aromatic heterocycles. The smallest absolute Gasteiger partial charge is 0.0426 e. The second kappa shape index (κ2) is 5.74. The third-order valence-corrected chi connectivity index (χ3v) is 3.65. The van der Waals surface area contributed by atoms with Gasteiger partial charge >= 0.3 is 0 Å². The average Bonchev–Trinajstić information content (AvgIpc) is 2.32. The monoisotopic (exact) mass is 252 g/mol. The summed E-state index contributed by atoms with van der Waals surface area (Å²) in [7, 11) is 1.98. The van der Waals surface area contributed by atoms with Crippen molar-refractivity contribution in [1.82, 2.24) is 5.32 Å². The zero-order valence-electron chi connectivity index (χ0n) is 10.7. The summed E-state index contributed by atoms with van der Waals surface area (Å²) in [5, 5.41) is 4.06. The average molecular weight is 253 g/mol. The first-order valence-corrected chi connectivity index (χ1v) is 6.76. The van der Waals surface area contributed by atoms with E-state index in [0.29, 0.717) is 0 Å². The summed E-state index contributed by atoms with van der Waals surface area (Å²) in [6.07, 6.45) is 2.63. The minimum atomic E-state index is 0.783. The maximum atomic E-state index is 6.13. The molecule has 3 heteroatoms. The molecule has 1 atom stereocenters. The van der Waals surface area contributed by atoms with Gasteiger partial charge in [-0.2, -0.15) is 0 Å². The fourth-order valence-corrected chi connectivity index (χ4v) is 2.75. The van der Waals surface area contributed by atoms with Gasteiger partial charge in [0.1, 0.15) is 0 Å². The topological polar surface area (TPSA) is 15.3 Å². The number of halogens is 1. The first kappa shape index (κ1) is 12.7. The number of piperidine rings is 1. The van der Waals surface area contributed by atoms with Gasteiger partial charge in [-0.1, -0.05) is 24.6 Å². The van der Waals surface area contributed by atoms with Crippen LogP contribution in [-0.2, 0) is 6.54 Å². The molecule has 0 amide bonds. The molecule has 0 bridgehead atoms. The van der Waals surface area contributed by atoms with Crippen molar-refractivity contribution < 1.29 is 0 Å². The molecule has 0 radical (unpaired) electrons. The molecule has 2 nitrogen and oxygen atoms in total. The number of hydrogen-bond donors (Lipinski definition) is 1. The minimum absolute atomic E-state index is 0.783. The van der Waals surface area contributed by atoms with Crippen LogP contribution >= 0.6 is 11.6 Å². The third kappa shape index (κ3) is 3.14. The molecule has 0 saturated carbocycles. The number of nitrogens with one attached hydrogen (secondary N) is 1. The van der Waals surface area contributed by atoms with E-state index < -0.39 is 0 Å². The Kier molecular flexibility index (Phi) is 4.30. The van der Waals surface area contributed by atoms with Gasteiger partial charge in [-0.25, -0.2) is 0 Å². The molecule has 0 aliphatic carbocycles. The number of anilines is 1. The zero-order chi connectivity index (χ0) is 12.3. The predicted octanol–water partition coefficient (Wildman–Crippen LogP) is 3.30. The van der Waals surface area contributed by atoms with Crippen LogP contribution in [0.25, 0.3) is 0 Å². The summed E-state index contributed by atoms with van der Waals surface area (Å²) in [6.45, 7) is 5.53. The molecule has 1 aromatic carbocycles. The Hall–Kier alpha value is -0.730. The van der Waals surface area contributed by atoms with Crippen LogP contribution in [0.4, 0.5) is 5.69 Å². The van der Waals surface area contributed by atoms with E-state index in [2.05, 4.69) is 29.3 Å². The largest absolute Gasteiger partial charge is 0.371 e. The first-order valence-electron chi connectivity index (χ1n) is 6.38. The van der Waals surface area contributed by atoms with E-state index in [1.807, 2.05) is 13.1 Å². The molecule has 1 unspecified atom stereocenters. The van der Waals surface area contributed by atoms with Gasteiger partial charge in [0.2, 0.25) is 0 Å². The van der Waals surface area contributed by atoms with E-state index in [0.717, 1.165) is 30.6 Å². The number of rotatable bonds is 3. The highest BCUT2D eigenvalue weighted by molar-refractivity contribution is 6.30. The molecule has 1 heterocycles. The van der Waals surface area contributed by atoms with Gasteiger partial charge in [0, 0.05) is 30.3 Å². The lowest BCUT2D eigenvalue weighted by Crippen LogP contribution is -2.35. The lowest BCUT2D eigenvalue weighted by atomic mass is 9.99. The molecule has 94 valence electrons. The molecular formula is C14H21ClN2. The van der Waals surface area contributed by atoms with Crippen LogP contribution in [0.3, 0.4) is 0 Å². The van der Waals surface area contributed by atoms with Crippen LogP contribution < -0.4 is 10.2 Å². The maximum absolute atomic E-state index is 6.13. The van der Waals surface area contributed by atoms with Crippen LogP contribution in [-0.4, -0.2) is 20.1 Å². The van der Waals surface area contributed by atoms with E-state index in [9.17, 15) is 0 Å². The highest BCUT2D eigenvalue weighted by Crippen LogP contribution is 2.29. The summed E-state index contributed by atoms with van der Waals surface area (Å²) in [5.74, 6) is 0.783. The molecule has 1 saturated heterocycles. The summed E-state index contributed by atoms with van der Waals surface area (Å²) in [4.78, 5) is 2.48. The van der Waals surface area contributed by atoms with Gasteiger partial charge in [-0.3, -0.25) is 0 Å². The van der Waals surface area contributed by atoms with Crippen LogP contribution in [0.5, 0.6) is 0 Å². The van der Waals surface area contributed by atoms with Crippen LogP contribution in [0, 0.1) is 5.92 Å². The van der Waals surface area contributed by atoms with Crippen LogP contribution in [0.15, 0.2) is 18.2 Å². The van der Waals surface area contributed by atoms with Gasteiger partial charge in [-0.15, -0.1) is 0 Å². The molecule has 1 aliphatic heterocycles. The lowest BCUT2D eigenvalue weighted by molar-refractivity contribution is 0.446. The van der Waals surface area contributed by atoms with Crippen LogP contribution in [0.1, 0.15) is 25.3 Å². The highest BCUT2D eigenvalue weighted by atomic mass is 35.5. The van der Waals surface area contributed by atoms with Crippen molar-refractivity contribution in [3.8, 4) is 0 Å². The van der Waals surface area contributed by atoms with Crippen molar-refractivity contribution >= 4 is 17.3 Å². The molecule has 1 aromatic rings. The number of benzene rings is 1. The van der Waals surface area contributed by atoms with Gasteiger partial charge in [0.25, 0.3) is 0 Å². The second-order valence-corrected chi connectivity index (χ2v) is 5.43. The predicted molar refractivity (Wildman–Crippen MR) is 74.8 cm³/mol. The van der Waals surface area contributed by atoms with Gasteiger partial charge in [0.05, 0.1) is 0 Å². The summed E-state index contributed by atoms with van der Waals surface area (Å²) < 4.78 is 0. The summed E-state index contributed by atoms with van der Waals surface area (Å²) in [5.41, 5.74) is 2.64. The van der Waals surface area contributed by atoms with Crippen molar-refractivity contribution in [2.24, 2.45) is 5.92 Å². The van der Waals surface area contributed by atoms with E-state index in [-0.39, 0.29) is 0 Å². The van der Waals surface area contributed by atoms with Crippen molar-refractivity contribution in [2.75, 3.05) is 25.0 Å². The van der Waals surface area contributed by atoms with Gasteiger partial charge in [-0.05, 0) is 43.5 Å². The zero-order valence-corrected chi connectivity index (χ0v) is 11.4. The lowest BCUT2D eigenvalue weighted by Gasteiger charge is -2.34. The summed E-state index contributed by atoms with van der Waals surface area (Å²) in [6, 6.07) is 6.21. The van der Waals surface area contributed by atoms with Gasteiger partial charge < -0.3 is 10.2 Å². The van der Waals surface area contributed by atoms with Crippen molar-refractivity contribution in [3.63, 3.8) is 0 Å². The fourth-order valence-electron chi connectivity index (χ4n) is 2.58. The SMILES string of the molecule is CNCc1ccc(Cl)cc1N1CCCC(C)C1. The summed E-state index contributed by atoms with van der Waals surface area (Å²) >= 11 is 6.13. The van der Waals surface area contributed by atoms with Crippen LogP contribution in [0.2, 0.25) is 5.02 Å². The highest BCUT2D eigenvalue weighted by Gasteiger charge is 2.18. The normalized spacial score (nSPS) is 20.6. The minimum Gasteiger partial charge on any atom is -0.371 e. The molecule has 2 rings (SSSR count).